The van der Waals surface area contributed by atoms with E-state index in [0.717, 1.165) is 40.4 Å². The van der Waals surface area contributed by atoms with Crippen LogP contribution in [0.15, 0.2) is 54.9 Å². The summed E-state index contributed by atoms with van der Waals surface area (Å²) in [5.41, 5.74) is 5.95. The molecule has 2 amide bonds. The second-order valence-electron chi connectivity index (χ2n) is 9.02. The quantitative estimate of drug-likeness (QED) is 0.592. The van der Waals surface area contributed by atoms with Crippen LogP contribution in [0.25, 0.3) is 11.6 Å². The van der Waals surface area contributed by atoms with Crippen molar-refractivity contribution in [3.63, 3.8) is 0 Å². The highest BCUT2D eigenvalue weighted by Gasteiger charge is 2.27. The Hall–Kier alpha value is -4.38. The summed E-state index contributed by atoms with van der Waals surface area (Å²) in [5.74, 6) is 1.68. The monoisotopic (exact) mass is 480 g/mol. The van der Waals surface area contributed by atoms with Crippen LogP contribution >= 0.6 is 0 Å². The lowest BCUT2D eigenvalue weighted by molar-refractivity contribution is 0.191. The number of nitriles is 1. The van der Waals surface area contributed by atoms with Gasteiger partial charge in [-0.2, -0.15) is 5.26 Å². The number of allylic oxidation sites excluding steroid dienone is 1. The summed E-state index contributed by atoms with van der Waals surface area (Å²) < 4.78 is 5.30. The Morgan fingerprint density at radius 2 is 1.89 bits per heavy atom. The Bertz CT molecular complexity index is 1340. The molecule has 0 radical (unpaired) electrons. The first-order valence-corrected chi connectivity index (χ1v) is 12.0. The molecule has 1 saturated heterocycles. The van der Waals surface area contributed by atoms with Crippen LogP contribution in [0.1, 0.15) is 40.9 Å². The number of hydrogen-bond donors (Lipinski definition) is 1. The molecule has 36 heavy (non-hydrogen) atoms. The number of rotatable bonds is 5. The van der Waals surface area contributed by atoms with E-state index in [1.54, 1.807) is 13.4 Å². The van der Waals surface area contributed by atoms with Crippen LogP contribution in [-0.2, 0) is 6.42 Å². The van der Waals surface area contributed by atoms with Crippen molar-refractivity contribution in [2.75, 3.05) is 38.2 Å². The number of benzene rings is 2. The molecule has 0 saturated carbocycles. The predicted octanol–water partition coefficient (Wildman–Crippen LogP) is 4.05. The average molecular weight is 481 g/mol. The van der Waals surface area contributed by atoms with Gasteiger partial charge in [-0.05, 0) is 54.0 Å². The van der Waals surface area contributed by atoms with Crippen molar-refractivity contribution < 1.29 is 9.53 Å². The van der Waals surface area contributed by atoms with Gasteiger partial charge in [0.25, 0.3) is 0 Å². The molecule has 0 spiro atoms. The molecule has 5 rings (SSSR count). The molecule has 1 aromatic heterocycles. The second-order valence-corrected chi connectivity index (χ2v) is 9.02. The van der Waals surface area contributed by atoms with Crippen molar-refractivity contribution in [3.8, 4) is 11.8 Å². The number of hydrogen-bond acceptors (Lipinski definition) is 6. The van der Waals surface area contributed by atoms with Crippen molar-refractivity contribution in [2.24, 2.45) is 0 Å². The molecule has 1 aliphatic heterocycles. The van der Waals surface area contributed by atoms with E-state index in [2.05, 4.69) is 32.3 Å². The van der Waals surface area contributed by atoms with Crippen LogP contribution in [0.5, 0.6) is 5.75 Å². The molecule has 1 atom stereocenters. The van der Waals surface area contributed by atoms with E-state index in [0.29, 0.717) is 31.7 Å². The zero-order valence-electron chi connectivity index (χ0n) is 20.4. The zero-order valence-corrected chi connectivity index (χ0v) is 20.4. The summed E-state index contributed by atoms with van der Waals surface area (Å²) in [6.07, 6.45) is 4.51. The number of fused-ring (bicyclic) bond motifs is 1. The summed E-state index contributed by atoms with van der Waals surface area (Å²) >= 11 is 0. The molecule has 2 heterocycles. The maximum atomic E-state index is 12.9. The van der Waals surface area contributed by atoms with Crippen LogP contribution in [0, 0.1) is 11.3 Å². The van der Waals surface area contributed by atoms with Crippen LogP contribution < -0.4 is 15.0 Å². The van der Waals surface area contributed by atoms with E-state index in [9.17, 15) is 4.79 Å². The van der Waals surface area contributed by atoms with E-state index in [1.807, 2.05) is 60.4 Å². The van der Waals surface area contributed by atoms with E-state index in [1.165, 1.54) is 5.57 Å². The lowest BCUT2D eigenvalue weighted by Crippen LogP contribution is -2.52. The number of carbonyl (C=O) groups excluding carboxylic acids is 1. The average Bonchev–Trinajstić information content (AvgIpc) is 3.38. The van der Waals surface area contributed by atoms with Crippen LogP contribution in [-0.4, -0.2) is 54.2 Å². The number of aromatic nitrogens is 2. The Kier molecular flexibility index (Phi) is 6.54. The zero-order chi connectivity index (χ0) is 25.1. The number of piperazine rings is 1. The number of nitrogens with one attached hydrogen (secondary N) is 1. The third-order valence-corrected chi connectivity index (χ3v) is 6.81. The van der Waals surface area contributed by atoms with Crippen molar-refractivity contribution in [1.82, 2.24) is 20.2 Å². The molecule has 0 unspecified atom stereocenters. The molecule has 1 fully saturated rings. The molecule has 182 valence electrons. The second kappa shape index (κ2) is 10.1. The van der Waals surface area contributed by atoms with Crippen LogP contribution in [0.3, 0.4) is 0 Å². The lowest BCUT2D eigenvalue weighted by Gasteiger charge is -2.36. The Balaban J connectivity index is 1.23. The highest BCUT2D eigenvalue weighted by atomic mass is 16.5. The first-order chi connectivity index (χ1) is 17.6. The third kappa shape index (κ3) is 4.73. The minimum Gasteiger partial charge on any atom is -0.497 e. The summed E-state index contributed by atoms with van der Waals surface area (Å²) in [6.45, 7) is 4.60. The fourth-order valence-electron chi connectivity index (χ4n) is 4.70. The van der Waals surface area contributed by atoms with Crippen LogP contribution in [0.2, 0.25) is 0 Å². The van der Waals surface area contributed by atoms with Crippen molar-refractivity contribution in [3.05, 3.63) is 82.8 Å². The smallest absolute Gasteiger partial charge is 0.317 e. The Morgan fingerprint density at radius 3 is 2.61 bits per heavy atom. The third-order valence-electron chi connectivity index (χ3n) is 6.81. The van der Waals surface area contributed by atoms with Gasteiger partial charge in [-0.15, -0.1) is 0 Å². The number of ether oxygens (including phenoxy) is 1. The molecular weight excluding hydrogens is 452 g/mol. The van der Waals surface area contributed by atoms with Gasteiger partial charge in [0.15, 0.2) is 0 Å². The molecule has 8 nitrogen and oxygen atoms in total. The number of anilines is 1. The molecular formula is C28H28N6O2. The number of methoxy groups -OCH3 is 1. The summed E-state index contributed by atoms with van der Waals surface area (Å²) in [4.78, 5) is 26.1. The maximum absolute atomic E-state index is 12.9. The van der Waals surface area contributed by atoms with Crippen molar-refractivity contribution in [2.45, 2.75) is 19.4 Å². The van der Waals surface area contributed by atoms with Gasteiger partial charge in [0, 0.05) is 38.2 Å². The molecule has 1 N–H and O–H groups in total. The molecule has 1 aliphatic carbocycles. The molecule has 0 bridgehead atoms. The van der Waals surface area contributed by atoms with E-state index >= 15 is 0 Å². The van der Waals surface area contributed by atoms with Gasteiger partial charge in [0.05, 0.1) is 30.5 Å². The minimum absolute atomic E-state index is 0.0686. The molecule has 8 heteroatoms. The Morgan fingerprint density at radius 1 is 1.11 bits per heavy atom. The maximum Gasteiger partial charge on any atom is 0.317 e. The highest BCUT2D eigenvalue weighted by molar-refractivity contribution is 5.91. The van der Waals surface area contributed by atoms with Gasteiger partial charge < -0.3 is 19.9 Å². The van der Waals surface area contributed by atoms with E-state index in [-0.39, 0.29) is 12.1 Å². The van der Waals surface area contributed by atoms with E-state index in [4.69, 9.17) is 10.00 Å². The van der Waals surface area contributed by atoms with Gasteiger partial charge in [0.1, 0.15) is 17.9 Å². The fourth-order valence-corrected chi connectivity index (χ4v) is 4.70. The SMILES string of the molecule is COc1cccc([C@H](C)NC(=O)N2CCN(c3ncnc4c3C=C(c3ccc(C#N)cc3)C4)CC2)c1. The molecule has 3 aromatic rings. The Labute approximate surface area is 210 Å². The first-order valence-electron chi connectivity index (χ1n) is 12.0. The fraction of sp³-hybridized carbons (Fsp3) is 0.286. The number of urea groups is 1. The minimum atomic E-state index is -0.124. The standard InChI is InChI=1S/C28H28N6O2/c1-19(22-4-3-5-24(14-22)36-2)32-28(35)34-12-10-33(11-13-34)27-25-15-23(16-26(25)30-18-31-27)21-8-6-20(17-29)7-9-21/h3-9,14-15,18-19H,10-13,16H2,1-2H3,(H,32,35)/t19-/m0/s1. The van der Waals surface area contributed by atoms with Crippen molar-refractivity contribution >= 4 is 23.5 Å². The van der Waals surface area contributed by atoms with Gasteiger partial charge in [-0.3, -0.25) is 0 Å². The predicted molar refractivity (Wildman–Crippen MR) is 138 cm³/mol. The normalized spacial score (nSPS) is 15.5. The summed E-state index contributed by atoms with van der Waals surface area (Å²) in [6, 6.07) is 17.4. The van der Waals surface area contributed by atoms with Gasteiger partial charge in [-0.1, -0.05) is 24.3 Å². The molecule has 2 aromatic carbocycles. The largest absolute Gasteiger partial charge is 0.497 e. The van der Waals surface area contributed by atoms with Gasteiger partial charge >= 0.3 is 6.03 Å². The topological polar surface area (TPSA) is 94.4 Å². The summed E-state index contributed by atoms with van der Waals surface area (Å²) in [5, 5.41) is 12.2. The number of amides is 2. The highest BCUT2D eigenvalue weighted by Crippen LogP contribution is 2.35. The van der Waals surface area contributed by atoms with E-state index < -0.39 is 0 Å². The van der Waals surface area contributed by atoms with Gasteiger partial charge in [0.2, 0.25) is 0 Å². The number of nitrogens with zero attached hydrogens (tertiary/aromatic N) is 5. The van der Waals surface area contributed by atoms with Gasteiger partial charge in [-0.25, -0.2) is 14.8 Å². The number of carbonyl (C=O) groups is 1. The van der Waals surface area contributed by atoms with Crippen molar-refractivity contribution in [1.29, 1.82) is 5.26 Å². The van der Waals surface area contributed by atoms with Crippen LogP contribution in [0.4, 0.5) is 10.6 Å². The summed E-state index contributed by atoms with van der Waals surface area (Å²) in [7, 11) is 1.64. The molecule has 2 aliphatic rings. The lowest BCUT2D eigenvalue weighted by atomic mass is 10.0. The first kappa shape index (κ1) is 23.4.